The summed E-state index contributed by atoms with van der Waals surface area (Å²) in [5.41, 5.74) is 2.78. The van der Waals surface area contributed by atoms with Gasteiger partial charge in [0.15, 0.2) is 0 Å². The van der Waals surface area contributed by atoms with Gasteiger partial charge in [-0.25, -0.2) is 4.98 Å². The summed E-state index contributed by atoms with van der Waals surface area (Å²) in [6, 6.07) is 9.40. The van der Waals surface area contributed by atoms with Gasteiger partial charge in [-0.2, -0.15) is 0 Å². The molecule has 1 atom stereocenters. The van der Waals surface area contributed by atoms with E-state index < -0.39 is 0 Å². The molecule has 0 radical (unpaired) electrons. The normalized spacial score (nSPS) is 10.9. The molecule has 0 aliphatic heterocycles. The van der Waals surface area contributed by atoms with E-state index in [1.165, 1.54) is 0 Å². The molecule has 0 saturated heterocycles. The summed E-state index contributed by atoms with van der Waals surface area (Å²) in [7, 11) is 1.83. The summed E-state index contributed by atoms with van der Waals surface area (Å²) >= 11 is 0. The van der Waals surface area contributed by atoms with Gasteiger partial charge in [0, 0.05) is 36.5 Å². The maximum atomic E-state index is 12.1. The molecule has 25 heavy (non-hydrogen) atoms. The molecule has 2 aromatic rings. The monoisotopic (exact) mass is 385 g/mol. The predicted molar refractivity (Wildman–Crippen MR) is 106 cm³/mol. The Bertz CT molecular complexity index is 696. The Labute approximate surface area is 161 Å². The smallest absolute Gasteiger partial charge is 0.228 e. The zero-order valence-electron chi connectivity index (χ0n) is 14.8. The second-order valence-corrected chi connectivity index (χ2v) is 5.70. The van der Waals surface area contributed by atoms with Gasteiger partial charge < -0.3 is 15.4 Å². The molecule has 0 aliphatic rings. The van der Waals surface area contributed by atoms with Crippen LogP contribution < -0.4 is 15.4 Å². The standard InChI is InChI=1S/C18H23N3O2.2ClH/c1-12-7-8-20-17(9-12)23-16-10-15(6-5-13(16)2)21-18(22)14(3)11-19-4;;/h5-10,14,19H,11H2,1-4H3,(H,21,22);2*1H. The maximum absolute atomic E-state index is 12.1. The number of carbonyl (C=O) groups is 1. The van der Waals surface area contributed by atoms with Crippen LogP contribution in [0.25, 0.3) is 0 Å². The molecular formula is C18H25Cl2N3O2. The molecule has 138 valence electrons. The van der Waals surface area contributed by atoms with Crippen LogP contribution >= 0.6 is 24.8 Å². The van der Waals surface area contributed by atoms with Gasteiger partial charge in [0.1, 0.15) is 5.75 Å². The van der Waals surface area contributed by atoms with Gasteiger partial charge in [-0.15, -0.1) is 24.8 Å². The molecule has 2 N–H and O–H groups in total. The Morgan fingerprint density at radius 3 is 2.56 bits per heavy atom. The number of amides is 1. The highest BCUT2D eigenvalue weighted by molar-refractivity contribution is 5.92. The predicted octanol–water partition coefficient (Wildman–Crippen LogP) is 4.13. The quantitative estimate of drug-likeness (QED) is 0.784. The van der Waals surface area contributed by atoms with E-state index in [1.807, 2.05) is 58.2 Å². The number of aryl methyl sites for hydroxylation is 2. The zero-order valence-corrected chi connectivity index (χ0v) is 16.5. The lowest BCUT2D eigenvalue weighted by Crippen LogP contribution is -2.28. The number of hydrogen-bond donors (Lipinski definition) is 2. The van der Waals surface area contributed by atoms with Crippen molar-refractivity contribution in [1.82, 2.24) is 10.3 Å². The molecular weight excluding hydrogens is 361 g/mol. The number of rotatable bonds is 6. The van der Waals surface area contributed by atoms with Crippen LogP contribution in [0.2, 0.25) is 0 Å². The van der Waals surface area contributed by atoms with Crippen LogP contribution in [-0.2, 0) is 4.79 Å². The third-order valence-electron chi connectivity index (χ3n) is 3.52. The Morgan fingerprint density at radius 1 is 1.20 bits per heavy atom. The Kier molecular flexibility index (Phi) is 10.1. The molecule has 0 spiro atoms. The van der Waals surface area contributed by atoms with Crippen molar-refractivity contribution in [3.63, 3.8) is 0 Å². The summed E-state index contributed by atoms with van der Waals surface area (Å²) < 4.78 is 5.85. The Morgan fingerprint density at radius 2 is 1.92 bits per heavy atom. The number of ether oxygens (including phenoxy) is 1. The fourth-order valence-electron chi connectivity index (χ4n) is 2.13. The molecule has 1 unspecified atom stereocenters. The molecule has 2 rings (SSSR count). The number of carbonyl (C=O) groups excluding carboxylic acids is 1. The highest BCUT2D eigenvalue weighted by Crippen LogP contribution is 2.27. The molecule has 0 saturated carbocycles. The SMILES string of the molecule is CNCC(C)C(=O)Nc1ccc(C)c(Oc2cc(C)ccn2)c1.Cl.Cl. The van der Waals surface area contributed by atoms with Gasteiger partial charge in [0.05, 0.1) is 0 Å². The first-order valence-corrected chi connectivity index (χ1v) is 7.66. The van der Waals surface area contributed by atoms with E-state index in [1.54, 1.807) is 6.20 Å². The summed E-state index contributed by atoms with van der Waals surface area (Å²) in [5, 5.41) is 5.91. The lowest BCUT2D eigenvalue weighted by molar-refractivity contribution is -0.119. The first-order valence-electron chi connectivity index (χ1n) is 7.66. The Hall–Kier alpha value is -1.82. The number of halogens is 2. The Balaban J connectivity index is 0.00000288. The van der Waals surface area contributed by atoms with E-state index >= 15 is 0 Å². The van der Waals surface area contributed by atoms with E-state index in [4.69, 9.17) is 4.74 Å². The third-order valence-corrected chi connectivity index (χ3v) is 3.52. The van der Waals surface area contributed by atoms with Gasteiger partial charge in [-0.3, -0.25) is 4.79 Å². The molecule has 1 heterocycles. The van der Waals surface area contributed by atoms with Gasteiger partial charge in [-0.1, -0.05) is 13.0 Å². The van der Waals surface area contributed by atoms with Crippen LogP contribution in [0.1, 0.15) is 18.1 Å². The molecule has 0 fully saturated rings. The maximum Gasteiger partial charge on any atom is 0.228 e. The number of benzene rings is 1. The minimum atomic E-state index is -0.107. The fourth-order valence-corrected chi connectivity index (χ4v) is 2.13. The second kappa shape index (κ2) is 10.9. The average molecular weight is 386 g/mol. The highest BCUT2D eigenvalue weighted by Gasteiger charge is 2.13. The van der Waals surface area contributed by atoms with Gasteiger partial charge >= 0.3 is 0 Å². The minimum absolute atomic E-state index is 0. The van der Waals surface area contributed by atoms with Crippen molar-refractivity contribution in [2.45, 2.75) is 20.8 Å². The number of hydrogen-bond acceptors (Lipinski definition) is 4. The van der Waals surface area contributed by atoms with E-state index in [-0.39, 0.29) is 36.6 Å². The van der Waals surface area contributed by atoms with E-state index in [0.717, 1.165) is 11.1 Å². The summed E-state index contributed by atoms with van der Waals surface area (Å²) in [6.07, 6.45) is 1.71. The number of aromatic nitrogens is 1. The first kappa shape index (κ1) is 23.2. The number of nitrogens with zero attached hydrogens (tertiary/aromatic N) is 1. The lowest BCUT2D eigenvalue weighted by Gasteiger charge is -2.14. The molecule has 0 aliphatic carbocycles. The van der Waals surface area contributed by atoms with Gasteiger partial charge in [0.2, 0.25) is 11.8 Å². The second-order valence-electron chi connectivity index (χ2n) is 5.70. The van der Waals surface area contributed by atoms with Gasteiger partial charge in [-0.05, 0) is 44.2 Å². The molecule has 5 nitrogen and oxygen atoms in total. The van der Waals surface area contributed by atoms with Crippen LogP contribution in [0.15, 0.2) is 36.5 Å². The van der Waals surface area contributed by atoms with Crippen molar-refractivity contribution < 1.29 is 9.53 Å². The molecule has 1 aromatic heterocycles. The van der Waals surface area contributed by atoms with Crippen molar-refractivity contribution in [2.75, 3.05) is 18.9 Å². The largest absolute Gasteiger partial charge is 0.439 e. The molecule has 1 aromatic carbocycles. The summed E-state index contributed by atoms with van der Waals surface area (Å²) in [4.78, 5) is 16.3. The van der Waals surface area contributed by atoms with Crippen LogP contribution in [0.3, 0.4) is 0 Å². The summed E-state index contributed by atoms with van der Waals surface area (Å²) in [5.74, 6) is 1.09. The average Bonchev–Trinajstić information content (AvgIpc) is 2.51. The molecule has 0 bridgehead atoms. The lowest BCUT2D eigenvalue weighted by atomic mass is 10.1. The van der Waals surface area contributed by atoms with Crippen LogP contribution in [0.5, 0.6) is 11.6 Å². The van der Waals surface area contributed by atoms with Crippen molar-refractivity contribution >= 4 is 36.4 Å². The van der Waals surface area contributed by atoms with Crippen molar-refractivity contribution in [1.29, 1.82) is 0 Å². The minimum Gasteiger partial charge on any atom is -0.439 e. The highest BCUT2D eigenvalue weighted by atomic mass is 35.5. The van der Waals surface area contributed by atoms with E-state index in [9.17, 15) is 4.79 Å². The van der Waals surface area contributed by atoms with E-state index in [0.29, 0.717) is 23.9 Å². The number of nitrogens with one attached hydrogen (secondary N) is 2. The van der Waals surface area contributed by atoms with Crippen LogP contribution in [0, 0.1) is 19.8 Å². The summed E-state index contributed by atoms with van der Waals surface area (Å²) in [6.45, 7) is 6.46. The van der Waals surface area contributed by atoms with Crippen molar-refractivity contribution in [2.24, 2.45) is 5.92 Å². The molecule has 7 heteroatoms. The fraction of sp³-hybridized carbons (Fsp3) is 0.333. The van der Waals surface area contributed by atoms with Gasteiger partial charge in [0.25, 0.3) is 0 Å². The number of anilines is 1. The molecule has 1 amide bonds. The topological polar surface area (TPSA) is 63.2 Å². The first-order chi connectivity index (χ1) is 11.0. The van der Waals surface area contributed by atoms with E-state index in [2.05, 4.69) is 15.6 Å². The van der Waals surface area contributed by atoms with Crippen LogP contribution in [0.4, 0.5) is 5.69 Å². The zero-order chi connectivity index (χ0) is 16.8. The van der Waals surface area contributed by atoms with Crippen molar-refractivity contribution in [3.8, 4) is 11.6 Å². The van der Waals surface area contributed by atoms with Crippen LogP contribution in [-0.4, -0.2) is 24.5 Å². The van der Waals surface area contributed by atoms with Crippen molar-refractivity contribution in [3.05, 3.63) is 47.7 Å². The number of pyridine rings is 1. The third kappa shape index (κ3) is 6.90.